The Hall–Kier alpha value is -2.14. The number of ether oxygens (including phenoxy) is 2. The quantitative estimate of drug-likeness (QED) is 0.613. The van der Waals surface area contributed by atoms with Gasteiger partial charge >= 0.3 is 5.97 Å². The molecule has 2 saturated heterocycles. The van der Waals surface area contributed by atoms with Gasteiger partial charge in [0.05, 0.1) is 25.7 Å². The number of carbonyl (C=O) groups is 2. The van der Waals surface area contributed by atoms with Gasteiger partial charge in [0, 0.05) is 5.69 Å². The lowest BCUT2D eigenvalue weighted by Crippen LogP contribution is -2.39. The van der Waals surface area contributed by atoms with Crippen LogP contribution in [0.25, 0.3) is 0 Å². The predicted molar refractivity (Wildman–Crippen MR) is 79.3 cm³/mol. The molecule has 4 atom stereocenters. The maximum atomic E-state index is 12.9. The van der Waals surface area contributed by atoms with Crippen LogP contribution in [-0.2, 0) is 19.1 Å². The fourth-order valence-corrected chi connectivity index (χ4v) is 3.85. The predicted octanol–water partition coefficient (Wildman–Crippen LogP) is 1.45. The second kappa shape index (κ2) is 4.43. The number of methoxy groups -OCH3 is 1. The average molecular weight is 299 g/mol. The first-order valence-corrected chi connectivity index (χ1v) is 7.39. The van der Waals surface area contributed by atoms with E-state index in [1.807, 2.05) is 43.3 Å². The summed E-state index contributed by atoms with van der Waals surface area (Å²) in [5.41, 5.74) is 1.28. The van der Waals surface area contributed by atoms with Crippen LogP contribution < -0.4 is 4.90 Å². The molecule has 1 aromatic rings. The van der Waals surface area contributed by atoms with Gasteiger partial charge in [-0.25, -0.2) is 0 Å². The van der Waals surface area contributed by atoms with E-state index in [4.69, 9.17) is 9.47 Å². The van der Waals surface area contributed by atoms with E-state index in [-0.39, 0.29) is 18.0 Å². The molecule has 2 unspecified atom stereocenters. The third-order valence-corrected chi connectivity index (χ3v) is 4.92. The van der Waals surface area contributed by atoms with Gasteiger partial charge in [-0.1, -0.05) is 29.8 Å². The molecule has 1 spiro atoms. The fourth-order valence-electron chi connectivity index (χ4n) is 3.85. The Labute approximate surface area is 128 Å². The molecule has 3 heterocycles. The van der Waals surface area contributed by atoms with Crippen molar-refractivity contribution in [2.24, 2.45) is 11.8 Å². The summed E-state index contributed by atoms with van der Waals surface area (Å²) in [6.45, 7) is 2.45. The molecule has 1 amide bonds. The van der Waals surface area contributed by atoms with Crippen molar-refractivity contribution in [2.45, 2.75) is 18.6 Å². The SMILES string of the molecule is COC(=O)C1C2C(=O)N(c3ccc(C)cc3)C[C@]23C=C[C@@H]1O3. The van der Waals surface area contributed by atoms with E-state index in [0.29, 0.717) is 6.54 Å². The zero-order valence-electron chi connectivity index (χ0n) is 12.5. The van der Waals surface area contributed by atoms with Crippen molar-refractivity contribution in [2.75, 3.05) is 18.6 Å². The van der Waals surface area contributed by atoms with Gasteiger partial charge in [0.2, 0.25) is 5.91 Å². The van der Waals surface area contributed by atoms with Gasteiger partial charge in [-0.15, -0.1) is 0 Å². The molecule has 0 aromatic heterocycles. The smallest absolute Gasteiger partial charge is 0.312 e. The first-order valence-electron chi connectivity index (χ1n) is 7.39. The minimum atomic E-state index is -0.689. The van der Waals surface area contributed by atoms with Crippen molar-refractivity contribution < 1.29 is 19.1 Å². The molecule has 0 radical (unpaired) electrons. The molecule has 2 bridgehead atoms. The van der Waals surface area contributed by atoms with Crippen LogP contribution in [0.2, 0.25) is 0 Å². The van der Waals surface area contributed by atoms with Gasteiger partial charge in [-0.05, 0) is 19.1 Å². The van der Waals surface area contributed by atoms with E-state index in [1.165, 1.54) is 7.11 Å². The highest BCUT2D eigenvalue weighted by Gasteiger charge is 2.67. The number of fused-ring (bicyclic) bond motifs is 1. The molecular weight excluding hydrogens is 282 g/mol. The molecule has 2 fully saturated rings. The van der Waals surface area contributed by atoms with Crippen molar-refractivity contribution in [3.8, 4) is 0 Å². The Morgan fingerprint density at radius 3 is 2.77 bits per heavy atom. The number of hydrogen-bond donors (Lipinski definition) is 0. The number of anilines is 1. The average Bonchev–Trinajstić information content (AvgIpc) is 3.16. The number of esters is 1. The van der Waals surface area contributed by atoms with E-state index < -0.39 is 17.4 Å². The highest BCUT2D eigenvalue weighted by Crippen LogP contribution is 2.52. The molecule has 3 aliphatic heterocycles. The molecular formula is C17H17NO4. The molecule has 4 rings (SSSR count). The van der Waals surface area contributed by atoms with Gasteiger partial charge in [0.25, 0.3) is 0 Å². The van der Waals surface area contributed by atoms with Crippen LogP contribution in [0.5, 0.6) is 0 Å². The number of amides is 1. The van der Waals surface area contributed by atoms with E-state index in [1.54, 1.807) is 4.90 Å². The van der Waals surface area contributed by atoms with Gasteiger partial charge in [0.15, 0.2) is 0 Å². The maximum Gasteiger partial charge on any atom is 0.312 e. The Bertz CT molecular complexity index is 680. The number of nitrogens with zero attached hydrogens (tertiary/aromatic N) is 1. The minimum Gasteiger partial charge on any atom is -0.469 e. The van der Waals surface area contributed by atoms with Crippen LogP contribution >= 0.6 is 0 Å². The summed E-state index contributed by atoms with van der Waals surface area (Å²) in [5.74, 6) is -1.47. The highest BCUT2D eigenvalue weighted by atomic mass is 16.5. The van der Waals surface area contributed by atoms with Crippen molar-refractivity contribution in [1.82, 2.24) is 0 Å². The van der Waals surface area contributed by atoms with Gasteiger partial charge in [-0.3, -0.25) is 9.59 Å². The van der Waals surface area contributed by atoms with E-state index in [9.17, 15) is 9.59 Å². The van der Waals surface area contributed by atoms with Crippen LogP contribution in [0, 0.1) is 18.8 Å². The van der Waals surface area contributed by atoms with Crippen LogP contribution in [-0.4, -0.2) is 37.2 Å². The Morgan fingerprint density at radius 1 is 1.36 bits per heavy atom. The molecule has 0 saturated carbocycles. The fraction of sp³-hybridized carbons (Fsp3) is 0.412. The molecule has 114 valence electrons. The summed E-state index contributed by atoms with van der Waals surface area (Å²) in [5, 5.41) is 0. The summed E-state index contributed by atoms with van der Waals surface area (Å²) in [4.78, 5) is 26.7. The van der Waals surface area contributed by atoms with Crippen LogP contribution in [0.4, 0.5) is 5.69 Å². The summed E-state index contributed by atoms with van der Waals surface area (Å²) in [6, 6.07) is 7.79. The maximum absolute atomic E-state index is 12.9. The Balaban J connectivity index is 1.71. The van der Waals surface area contributed by atoms with Gasteiger partial charge < -0.3 is 14.4 Å². The number of carbonyl (C=O) groups excluding carboxylic acids is 2. The zero-order chi connectivity index (χ0) is 15.5. The first-order chi connectivity index (χ1) is 10.6. The molecule has 22 heavy (non-hydrogen) atoms. The monoisotopic (exact) mass is 299 g/mol. The number of hydrogen-bond acceptors (Lipinski definition) is 4. The summed E-state index contributed by atoms with van der Waals surface area (Å²) < 4.78 is 10.9. The van der Waals surface area contributed by atoms with Crippen molar-refractivity contribution in [3.05, 3.63) is 42.0 Å². The second-order valence-electron chi connectivity index (χ2n) is 6.18. The van der Waals surface area contributed by atoms with Gasteiger partial charge in [0.1, 0.15) is 11.5 Å². The largest absolute Gasteiger partial charge is 0.469 e. The van der Waals surface area contributed by atoms with Crippen molar-refractivity contribution in [3.63, 3.8) is 0 Å². The number of aryl methyl sites for hydroxylation is 1. The lowest BCUT2D eigenvalue weighted by atomic mass is 9.77. The lowest BCUT2D eigenvalue weighted by molar-refractivity contribution is -0.149. The molecule has 3 aliphatic rings. The minimum absolute atomic E-state index is 0.0638. The second-order valence-corrected chi connectivity index (χ2v) is 6.18. The Morgan fingerprint density at radius 2 is 2.09 bits per heavy atom. The summed E-state index contributed by atoms with van der Waals surface area (Å²) >= 11 is 0. The summed E-state index contributed by atoms with van der Waals surface area (Å²) in [6.07, 6.45) is 3.47. The molecule has 1 aromatic carbocycles. The number of benzene rings is 1. The van der Waals surface area contributed by atoms with E-state index >= 15 is 0 Å². The molecule has 5 heteroatoms. The standard InChI is InChI=1S/C17H17NO4/c1-10-3-5-11(6-4-10)18-9-17-8-7-12(22-17)13(16(20)21-2)14(17)15(18)19/h3-8,12-14H,9H2,1-2H3/t12-,13?,14?,17+/m0/s1. The molecule has 0 N–H and O–H groups in total. The third-order valence-electron chi connectivity index (χ3n) is 4.92. The summed E-state index contributed by atoms with van der Waals surface area (Å²) in [7, 11) is 1.35. The van der Waals surface area contributed by atoms with Crippen LogP contribution in [0.3, 0.4) is 0 Å². The highest BCUT2D eigenvalue weighted by molar-refractivity contribution is 6.02. The zero-order valence-corrected chi connectivity index (χ0v) is 12.5. The lowest BCUT2D eigenvalue weighted by Gasteiger charge is -2.22. The normalized spacial score (nSPS) is 35.1. The van der Waals surface area contributed by atoms with Crippen molar-refractivity contribution in [1.29, 1.82) is 0 Å². The molecule has 5 nitrogen and oxygen atoms in total. The Kier molecular flexibility index (Phi) is 2.72. The van der Waals surface area contributed by atoms with Crippen molar-refractivity contribution >= 4 is 17.6 Å². The van der Waals surface area contributed by atoms with Gasteiger partial charge in [-0.2, -0.15) is 0 Å². The van der Waals surface area contributed by atoms with E-state index in [0.717, 1.165) is 11.3 Å². The topological polar surface area (TPSA) is 55.8 Å². The van der Waals surface area contributed by atoms with Crippen LogP contribution in [0.1, 0.15) is 5.56 Å². The third kappa shape index (κ3) is 1.63. The van der Waals surface area contributed by atoms with E-state index in [2.05, 4.69) is 0 Å². The first kappa shape index (κ1) is 13.5. The van der Waals surface area contributed by atoms with Crippen LogP contribution in [0.15, 0.2) is 36.4 Å². The number of rotatable bonds is 2. The molecule has 0 aliphatic carbocycles.